The van der Waals surface area contributed by atoms with E-state index in [1.54, 1.807) is 58.6 Å². The van der Waals surface area contributed by atoms with Crippen molar-refractivity contribution in [3.8, 4) is 11.3 Å². The largest absolute Gasteiger partial charge is 0.491 e. The number of rotatable bonds is 4. The number of halogens is 1. The zero-order valence-corrected chi connectivity index (χ0v) is 35.2. The molecule has 4 aliphatic rings. The predicted molar refractivity (Wildman–Crippen MR) is 238 cm³/mol. The van der Waals surface area contributed by atoms with Crippen molar-refractivity contribution in [3.05, 3.63) is 91.4 Å². The molecule has 0 unspecified atom stereocenters. The van der Waals surface area contributed by atoms with Crippen LogP contribution in [0.2, 0.25) is 5.15 Å². The number of hydrogen-bond acceptors (Lipinski definition) is 14. The maximum atomic E-state index is 13.0. The minimum absolute atomic E-state index is 0. The van der Waals surface area contributed by atoms with Crippen molar-refractivity contribution in [2.24, 2.45) is 14.1 Å². The average Bonchev–Trinajstić information content (AvgIpc) is 4.05. The van der Waals surface area contributed by atoms with Crippen LogP contribution in [-0.2, 0) is 14.1 Å². The van der Waals surface area contributed by atoms with Crippen LogP contribution in [0.4, 0.5) is 44.2 Å². The Balaban J connectivity index is 0.000000165. The number of aryl methyl sites for hydroxylation is 2. The first-order valence-electron chi connectivity index (χ1n) is 18.3. The second kappa shape index (κ2) is 18.9. The highest BCUT2D eigenvalue weighted by molar-refractivity contribution is 7.59. The topological polar surface area (TPSA) is 225 Å². The van der Waals surface area contributed by atoms with Crippen LogP contribution in [0.25, 0.3) is 11.3 Å². The van der Waals surface area contributed by atoms with Crippen LogP contribution in [0, 0.1) is 0 Å². The summed E-state index contributed by atoms with van der Waals surface area (Å²) in [6.07, 6.45) is 17.7. The zero-order valence-electron chi connectivity index (χ0n) is 32.4. The minimum atomic E-state index is -1.40. The highest BCUT2D eigenvalue weighted by Crippen LogP contribution is 2.41. The molecule has 0 aliphatic carbocycles. The number of urea groups is 2. The van der Waals surface area contributed by atoms with Crippen molar-refractivity contribution < 1.29 is 19.6 Å². The molecule has 6 aromatic heterocycles. The highest BCUT2D eigenvalue weighted by atomic mass is 35.5. The van der Waals surface area contributed by atoms with Crippen LogP contribution < -0.4 is 35.7 Å². The summed E-state index contributed by atoms with van der Waals surface area (Å²) in [5, 5.41) is 31.0. The van der Waals surface area contributed by atoms with E-state index in [0.717, 1.165) is 61.7 Å². The summed E-state index contributed by atoms with van der Waals surface area (Å²) >= 11 is 6.01. The molecule has 4 N–H and O–H groups in total. The molecule has 20 nitrogen and oxygen atoms in total. The van der Waals surface area contributed by atoms with Crippen LogP contribution in [0.1, 0.15) is 12.8 Å². The lowest BCUT2D eigenvalue weighted by atomic mass is 9.83. The molecule has 0 radical (unpaired) electrons. The first-order valence-corrected chi connectivity index (χ1v) is 18.7. The molecular weight excluding hydrogens is 831 g/mol. The number of carbonyl (C=O) groups is 2. The van der Waals surface area contributed by atoms with Gasteiger partial charge in [0, 0.05) is 94.7 Å². The van der Waals surface area contributed by atoms with Crippen LogP contribution >= 0.6 is 38.6 Å². The normalized spacial score (nSPS) is 16.4. The summed E-state index contributed by atoms with van der Waals surface area (Å²) in [6, 6.07) is 7.36. The summed E-state index contributed by atoms with van der Waals surface area (Å²) in [5.41, 5.74) is 4.04. The average molecular weight is 873 g/mol. The van der Waals surface area contributed by atoms with Gasteiger partial charge in [0.2, 0.25) is 0 Å². The fourth-order valence-electron chi connectivity index (χ4n) is 7.27. The number of amides is 4. The predicted octanol–water partition coefficient (Wildman–Crippen LogP) is 2.38. The molecular formula is C36H42BClN16O4S2. The maximum Gasteiger partial charge on any atom is 0.491 e. The van der Waals surface area contributed by atoms with E-state index >= 15 is 0 Å². The van der Waals surface area contributed by atoms with Crippen molar-refractivity contribution in [1.29, 1.82) is 0 Å². The Morgan fingerprint density at radius 1 is 0.717 bits per heavy atom. The zero-order chi connectivity index (χ0) is 40.3. The second-order valence-corrected chi connectivity index (χ2v) is 14.2. The Kier molecular flexibility index (Phi) is 13.7. The first kappa shape index (κ1) is 43.6. The first-order chi connectivity index (χ1) is 28.1. The molecule has 4 amide bonds. The van der Waals surface area contributed by atoms with Crippen LogP contribution in [0.15, 0.2) is 86.2 Å². The molecule has 10 rings (SSSR count). The van der Waals surface area contributed by atoms with Crippen molar-refractivity contribution >= 4 is 97.9 Å². The van der Waals surface area contributed by atoms with Gasteiger partial charge >= 0.3 is 19.2 Å². The molecule has 10 heterocycles. The van der Waals surface area contributed by atoms with Gasteiger partial charge < -0.3 is 19.8 Å². The molecule has 2 atom stereocenters. The lowest BCUT2D eigenvalue weighted by Gasteiger charge is -2.35. The fraction of sp³-hybridized carbons (Fsp3) is 0.278. The van der Waals surface area contributed by atoms with Gasteiger partial charge in [-0.15, -0.1) is 0 Å². The summed E-state index contributed by atoms with van der Waals surface area (Å²) in [6.45, 7) is 3.45. The molecule has 0 saturated carbocycles. The SMILES string of the molecule is Cn1cc(-c2ccc3c(n2)N(C(=O)Nc2cnccn2)[C@H]2CCN3C2)cn1.Cn1cc(B(O)O)cn1.O=C(Nc1cnccn1)N1c2nc(Cl)ccc2N2CC[C@H]1C2.S.S. The Bertz CT molecular complexity index is 2420. The van der Waals surface area contributed by atoms with E-state index < -0.39 is 7.12 Å². The van der Waals surface area contributed by atoms with E-state index in [0.29, 0.717) is 33.9 Å². The van der Waals surface area contributed by atoms with Crippen LogP contribution in [-0.4, -0.2) is 117 Å². The molecule has 2 saturated heterocycles. The molecule has 4 aliphatic heterocycles. The van der Waals surface area contributed by atoms with E-state index in [-0.39, 0.29) is 51.1 Å². The smallest absolute Gasteiger partial charge is 0.423 e. The lowest BCUT2D eigenvalue weighted by molar-refractivity contribution is 0.254. The Labute approximate surface area is 363 Å². The van der Waals surface area contributed by atoms with Crippen LogP contribution in [0.5, 0.6) is 0 Å². The molecule has 312 valence electrons. The van der Waals surface area contributed by atoms with Gasteiger partial charge in [-0.2, -0.15) is 37.2 Å². The number of nitrogens with zero attached hydrogens (tertiary/aromatic N) is 14. The molecule has 2 fully saturated rings. The highest BCUT2D eigenvalue weighted by Gasteiger charge is 2.41. The lowest BCUT2D eigenvalue weighted by Crippen LogP contribution is -2.48. The van der Waals surface area contributed by atoms with Gasteiger partial charge in [0.1, 0.15) is 5.15 Å². The van der Waals surface area contributed by atoms with Gasteiger partial charge in [-0.25, -0.2) is 29.5 Å². The van der Waals surface area contributed by atoms with E-state index in [1.165, 1.54) is 29.5 Å². The third-order valence-corrected chi connectivity index (χ3v) is 10.1. The van der Waals surface area contributed by atoms with E-state index in [9.17, 15) is 9.59 Å². The number of anilines is 6. The third-order valence-electron chi connectivity index (χ3n) is 9.93. The molecule has 0 spiro atoms. The van der Waals surface area contributed by atoms with Gasteiger partial charge in [-0.3, -0.25) is 39.8 Å². The number of carbonyl (C=O) groups excluding carboxylic acids is 2. The van der Waals surface area contributed by atoms with Crippen LogP contribution in [0.3, 0.4) is 0 Å². The molecule has 24 heteroatoms. The number of fused-ring (bicyclic) bond motifs is 8. The van der Waals surface area contributed by atoms with Crippen molar-refractivity contribution in [1.82, 2.24) is 49.5 Å². The van der Waals surface area contributed by atoms with E-state index in [2.05, 4.69) is 55.6 Å². The number of hydrogen-bond donors (Lipinski definition) is 4. The van der Waals surface area contributed by atoms with Gasteiger partial charge in [-0.05, 0) is 37.1 Å². The Hall–Kier alpha value is -6.01. The number of aromatic nitrogens is 10. The monoisotopic (exact) mass is 872 g/mol. The number of pyridine rings is 2. The Morgan fingerprint density at radius 3 is 1.72 bits per heavy atom. The summed E-state index contributed by atoms with van der Waals surface area (Å²) < 4.78 is 3.25. The molecule has 60 heavy (non-hydrogen) atoms. The summed E-state index contributed by atoms with van der Waals surface area (Å²) in [7, 11) is 2.18. The number of nitrogens with one attached hydrogen (secondary N) is 2. The summed E-state index contributed by atoms with van der Waals surface area (Å²) in [4.78, 5) is 59.0. The van der Waals surface area contributed by atoms with Crippen molar-refractivity contribution in [2.75, 3.05) is 56.4 Å². The Morgan fingerprint density at radius 2 is 1.25 bits per heavy atom. The van der Waals surface area contributed by atoms with Crippen molar-refractivity contribution in [3.63, 3.8) is 0 Å². The summed E-state index contributed by atoms with van der Waals surface area (Å²) in [5.74, 6) is 2.11. The minimum Gasteiger partial charge on any atom is -0.423 e. The third kappa shape index (κ3) is 9.39. The molecule has 4 bridgehead atoms. The van der Waals surface area contributed by atoms with Crippen molar-refractivity contribution in [2.45, 2.75) is 24.9 Å². The standard InChI is InChI=1S/C18H18N8O.C14H13ClN6O.C4H7BN2O2.2H2S/c1-24-10-12(8-21-24)14-2-3-15-17(22-14)26(13-4-7-25(15)11-13)18(27)23-16-9-19-5-6-20-16;15-11-2-1-10-13(18-11)21(9-3-6-20(10)8-9)14(22)19-12-7-16-4-5-17-12;1-7-3-4(2-6-7)5(8)9;;/h2-3,5-6,8-10,13H,4,7,11H2,1H3,(H,20,23,27);1-2,4-5,7,9H,3,6,8H2,(H,17,19,22);2-3,8-9H,1H3;2*1H2/t13-;9-;;;/m00.../s1. The van der Waals surface area contributed by atoms with E-state index in [1.807, 2.05) is 31.4 Å². The van der Waals surface area contributed by atoms with Gasteiger partial charge in [-0.1, -0.05) is 11.6 Å². The van der Waals surface area contributed by atoms with Gasteiger partial charge in [0.15, 0.2) is 23.3 Å². The van der Waals surface area contributed by atoms with E-state index in [4.69, 9.17) is 26.6 Å². The van der Waals surface area contributed by atoms with Gasteiger partial charge in [0.05, 0.1) is 47.7 Å². The quantitative estimate of drug-likeness (QED) is 0.148. The maximum absolute atomic E-state index is 13.0. The van der Waals surface area contributed by atoms with Gasteiger partial charge in [0.25, 0.3) is 0 Å². The molecule has 0 aromatic carbocycles. The fourth-order valence-corrected chi connectivity index (χ4v) is 7.42. The molecule has 6 aromatic rings. The second-order valence-electron chi connectivity index (χ2n) is 13.8.